The van der Waals surface area contributed by atoms with Gasteiger partial charge < -0.3 is 18.1 Å². The normalized spacial score (nSPS) is 13.6. The Morgan fingerprint density at radius 3 is 1.01 bits per heavy atom. The summed E-state index contributed by atoms with van der Waals surface area (Å²) in [6.45, 7) is 8.31. The first-order chi connectivity index (χ1) is 43.1. The van der Waals surface area contributed by atoms with E-state index in [0.29, 0.717) is 0 Å². The van der Waals surface area contributed by atoms with Crippen molar-refractivity contribution in [1.29, 1.82) is 0 Å². The topological polar surface area (TPSA) is 44.7 Å². The van der Waals surface area contributed by atoms with E-state index in [9.17, 15) is 0 Å². The van der Waals surface area contributed by atoms with E-state index < -0.39 is 7.12 Å². The number of fused-ring (bicyclic) bond motifs is 10. The largest absolute Gasteiger partial charge is 0.495 e. The van der Waals surface area contributed by atoms with Gasteiger partial charge in [0, 0.05) is 37.1 Å². The van der Waals surface area contributed by atoms with E-state index in [0.717, 1.165) is 71.6 Å². The van der Waals surface area contributed by atoms with E-state index >= 15 is 0 Å². The van der Waals surface area contributed by atoms with Gasteiger partial charge in [-0.05, 0) is 149 Å². The van der Waals surface area contributed by atoms with Gasteiger partial charge in [-0.3, -0.25) is 0 Å². The summed E-state index contributed by atoms with van der Waals surface area (Å²) in [5.74, 6) is 0. The lowest BCUT2D eigenvalue weighted by atomic mass is 9.76. The maximum Gasteiger partial charge on any atom is 0.495 e. The molecule has 1 aliphatic rings. The SMILES string of the molecule is Brc1c2ccccc2c(-c2ccccc2)c2ccccc12.CC1(C)OB(c2cccc3oc4c(-c5ccccc5)cccc4c23)OC1(C)C.c1ccc(-c2c3ccccc3c(-c3cccc4oc5c(-c6ccccc6)cccc5c34)c3ccccc23)cc1. The molecule has 6 heteroatoms. The third-order valence-corrected chi connectivity index (χ3v) is 18.8. The van der Waals surface area contributed by atoms with Gasteiger partial charge in [0.15, 0.2) is 0 Å². The van der Waals surface area contributed by atoms with Crippen LogP contribution in [0.3, 0.4) is 0 Å². The van der Waals surface area contributed by atoms with Crippen LogP contribution < -0.4 is 5.46 Å². The molecule has 2 aromatic heterocycles. The van der Waals surface area contributed by atoms with E-state index in [2.05, 4.69) is 304 Å². The molecule has 88 heavy (non-hydrogen) atoms. The molecule has 4 nitrogen and oxygen atoms in total. The zero-order valence-electron chi connectivity index (χ0n) is 49.3. The molecule has 14 aromatic carbocycles. The molecular formula is C82H60BBrO4. The molecule has 0 radical (unpaired) electrons. The van der Waals surface area contributed by atoms with E-state index in [-0.39, 0.29) is 11.2 Å². The van der Waals surface area contributed by atoms with Crippen LogP contribution in [0.2, 0.25) is 0 Å². The van der Waals surface area contributed by atoms with Crippen LogP contribution in [0.5, 0.6) is 0 Å². The predicted molar refractivity (Wildman–Crippen MR) is 375 cm³/mol. The molecule has 0 saturated carbocycles. The van der Waals surface area contributed by atoms with Gasteiger partial charge in [0.2, 0.25) is 0 Å². The minimum atomic E-state index is -0.421. The second-order valence-electron chi connectivity index (χ2n) is 23.6. The lowest BCUT2D eigenvalue weighted by Gasteiger charge is -2.32. The standard InChI is InChI=1S/C38H24O.C24H23BO3.C20H13Br/c1-3-13-25(14-4-1)27-21-11-23-33-37-32(22-12-24-34(37)39-38(27)33)36-30-19-9-7-17-28(30)35(26-15-5-2-6-16-26)29-18-8-10-20-31(29)36;1-23(2)24(3,4)28-25(27-23)19-14-9-15-20-21(19)18-13-8-12-17(22(18)26-20)16-10-6-5-7-11-16;21-20-17-12-6-4-10-15(17)19(14-8-2-1-3-9-14)16-11-5-7-13-18(16)20/h1-24H;5-15H,1-4H3;1-13H. The molecule has 0 bridgehead atoms. The van der Waals surface area contributed by atoms with Crippen LogP contribution in [0.4, 0.5) is 0 Å². The highest BCUT2D eigenvalue weighted by molar-refractivity contribution is 9.10. The molecular weight excluding hydrogens is 1140 g/mol. The molecule has 1 aliphatic heterocycles. The predicted octanol–water partition coefficient (Wildman–Crippen LogP) is 22.9. The fourth-order valence-corrected chi connectivity index (χ4v) is 13.8. The third kappa shape index (κ3) is 9.48. The van der Waals surface area contributed by atoms with Gasteiger partial charge >= 0.3 is 7.12 Å². The van der Waals surface area contributed by atoms with Crippen LogP contribution in [-0.4, -0.2) is 18.3 Å². The molecule has 0 atom stereocenters. The lowest BCUT2D eigenvalue weighted by Crippen LogP contribution is -2.41. The van der Waals surface area contributed by atoms with Crippen molar-refractivity contribution in [3.63, 3.8) is 0 Å². The van der Waals surface area contributed by atoms with Crippen molar-refractivity contribution in [2.45, 2.75) is 38.9 Å². The summed E-state index contributed by atoms with van der Waals surface area (Å²) in [7, 11) is -0.421. The van der Waals surface area contributed by atoms with E-state index in [4.69, 9.17) is 18.1 Å². The van der Waals surface area contributed by atoms with Crippen molar-refractivity contribution in [2.24, 2.45) is 0 Å². The van der Waals surface area contributed by atoms with Crippen LogP contribution in [0.25, 0.3) is 143 Å². The molecule has 16 aromatic rings. The van der Waals surface area contributed by atoms with Crippen LogP contribution in [0.1, 0.15) is 27.7 Å². The van der Waals surface area contributed by atoms with Crippen LogP contribution in [0.15, 0.2) is 304 Å². The summed E-state index contributed by atoms with van der Waals surface area (Å²) in [6, 6.07) is 102. The van der Waals surface area contributed by atoms with Gasteiger partial charge in [0.05, 0.1) is 11.2 Å². The minimum absolute atomic E-state index is 0.380. The van der Waals surface area contributed by atoms with Gasteiger partial charge in [-0.25, -0.2) is 0 Å². The Kier molecular flexibility index (Phi) is 14.0. The maximum atomic E-state index is 6.62. The summed E-state index contributed by atoms with van der Waals surface area (Å²) in [5, 5.41) is 14.5. The minimum Gasteiger partial charge on any atom is -0.455 e. The smallest absolute Gasteiger partial charge is 0.455 e. The lowest BCUT2D eigenvalue weighted by molar-refractivity contribution is 0.00578. The van der Waals surface area contributed by atoms with Crippen LogP contribution in [-0.2, 0) is 9.31 Å². The molecule has 1 fully saturated rings. The number of hydrogen-bond acceptors (Lipinski definition) is 4. The molecule has 1 saturated heterocycles. The van der Waals surface area contributed by atoms with Crippen LogP contribution >= 0.6 is 15.9 Å². The Morgan fingerprint density at radius 1 is 0.273 bits per heavy atom. The zero-order chi connectivity index (χ0) is 59.5. The molecule has 0 aliphatic carbocycles. The maximum absolute atomic E-state index is 6.62. The van der Waals surface area contributed by atoms with Gasteiger partial charge in [0.1, 0.15) is 22.3 Å². The number of furan rings is 2. The van der Waals surface area contributed by atoms with Gasteiger partial charge in [-0.15, -0.1) is 0 Å². The third-order valence-electron chi connectivity index (χ3n) is 17.9. The molecule has 0 amide bonds. The van der Waals surface area contributed by atoms with E-state index in [1.807, 2.05) is 30.3 Å². The van der Waals surface area contributed by atoms with Crippen LogP contribution in [0, 0.1) is 0 Å². The van der Waals surface area contributed by atoms with Crippen molar-refractivity contribution >= 4 is 115 Å². The quantitative estimate of drug-likeness (QED) is 0.123. The van der Waals surface area contributed by atoms with Crippen molar-refractivity contribution in [2.75, 3.05) is 0 Å². The fraction of sp³-hybridized carbons (Fsp3) is 0.0732. The Balaban J connectivity index is 0.000000117. The van der Waals surface area contributed by atoms with Crippen molar-refractivity contribution < 1.29 is 18.1 Å². The highest BCUT2D eigenvalue weighted by Crippen LogP contribution is 2.49. The van der Waals surface area contributed by atoms with Gasteiger partial charge in [-0.2, -0.15) is 0 Å². The number of para-hydroxylation sites is 2. The number of benzene rings is 14. The fourth-order valence-electron chi connectivity index (χ4n) is 13.1. The number of hydrogen-bond donors (Lipinski definition) is 0. The number of halogens is 1. The van der Waals surface area contributed by atoms with Crippen molar-refractivity contribution in [3.8, 4) is 55.6 Å². The molecule has 422 valence electrons. The summed E-state index contributed by atoms with van der Waals surface area (Å²) in [5.41, 5.74) is 15.9. The molecule has 0 unspecified atom stereocenters. The molecule has 0 N–H and O–H groups in total. The van der Waals surface area contributed by atoms with E-state index in [1.54, 1.807) is 0 Å². The van der Waals surface area contributed by atoms with Crippen molar-refractivity contribution in [3.05, 3.63) is 296 Å². The van der Waals surface area contributed by atoms with Gasteiger partial charge in [0.25, 0.3) is 0 Å². The first-order valence-corrected chi connectivity index (χ1v) is 30.9. The summed E-state index contributed by atoms with van der Waals surface area (Å²) in [6.07, 6.45) is 0. The Hall–Kier alpha value is -9.82. The van der Waals surface area contributed by atoms with Gasteiger partial charge in [-0.1, -0.05) is 279 Å². The second kappa shape index (κ2) is 22.5. The first kappa shape index (κ1) is 54.8. The number of rotatable bonds is 6. The van der Waals surface area contributed by atoms with E-state index in [1.165, 1.54) is 80.9 Å². The summed E-state index contributed by atoms with van der Waals surface area (Å²) in [4.78, 5) is 0. The highest BCUT2D eigenvalue weighted by atomic mass is 79.9. The van der Waals surface area contributed by atoms with Crippen molar-refractivity contribution in [1.82, 2.24) is 0 Å². The Morgan fingerprint density at radius 2 is 0.580 bits per heavy atom. The Bertz CT molecular complexity index is 5150. The zero-order valence-corrected chi connectivity index (χ0v) is 50.9. The Labute approximate surface area is 520 Å². The molecule has 17 rings (SSSR count). The highest BCUT2D eigenvalue weighted by Gasteiger charge is 2.52. The molecule has 3 heterocycles. The second-order valence-corrected chi connectivity index (χ2v) is 24.4. The monoisotopic (exact) mass is 1200 g/mol. The summed E-state index contributed by atoms with van der Waals surface area (Å²) >= 11 is 3.79. The molecule has 0 spiro atoms. The summed E-state index contributed by atoms with van der Waals surface area (Å²) < 4.78 is 26.8. The first-order valence-electron chi connectivity index (χ1n) is 30.1. The average molecular weight is 1200 g/mol. The average Bonchev–Trinajstić information content (AvgIpc) is 1.39.